The molecule has 0 saturated heterocycles. The van der Waals surface area contributed by atoms with E-state index in [9.17, 15) is 4.79 Å². The molecule has 3 nitrogen and oxygen atoms in total. The summed E-state index contributed by atoms with van der Waals surface area (Å²) in [7, 11) is 1.89. The average molecular weight is 353 g/mol. The van der Waals surface area contributed by atoms with Gasteiger partial charge >= 0.3 is 0 Å². The molecule has 0 unspecified atom stereocenters. The molecule has 0 N–H and O–H groups in total. The van der Waals surface area contributed by atoms with Gasteiger partial charge in [0, 0.05) is 36.1 Å². The standard InChI is InChI=1S/C21H21ClN2O/c1-4-11-24(14-16-7-5-15(2)6-8-16)21(25)20-12-17-9-10-18(22)13-19(17)23(20)3/h4-10,12-13H,1,11,14H2,2-3H3. The molecule has 1 aromatic heterocycles. The van der Waals surface area contributed by atoms with Crippen LogP contribution in [0.15, 0.2) is 61.2 Å². The van der Waals surface area contributed by atoms with Crippen LogP contribution in [-0.2, 0) is 13.6 Å². The van der Waals surface area contributed by atoms with Crippen molar-refractivity contribution in [3.8, 4) is 0 Å². The quantitative estimate of drug-likeness (QED) is 0.595. The Morgan fingerprint density at radius 1 is 1.20 bits per heavy atom. The van der Waals surface area contributed by atoms with Crippen molar-refractivity contribution in [1.82, 2.24) is 9.47 Å². The molecule has 4 heteroatoms. The SMILES string of the molecule is C=CCN(Cc1ccc(C)cc1)C(=O)c1cc2ccc(Cl)cc2n1C. The Morgan fingerprint density at radius 2 is 1.92 bits per heavy atom. The minimum atomic E-state index is -0.0182. The molecule has 3 rings (SSSR count). The number of aryl methyl sites for hydroxylation is 2. The van der Waals surface area contributed by atoms with E-state index in [1.807, 2.05) is 35.9 Å². The van der Waals surface area contributed by atoms with Crippen molar-refractivity contribution in [3.05, 3.63) is 83.0 Å². The Labute approximate surface area is 153 Å². The maximum atomic E-state index is 13.1. The fourth-order valence-electron chi connectivity index (χ4n) is 2.96. The van der Waals surface area contributed by atoms with Gasteiger partial charge in [-0.3, -0.25) is 4.79 Å². The first kappa shape index (κ1) is 17.3. The number of amides is 1. The van der Waals surface area contributed by atoms with Crippen molar-refractivity contribution >= 4 is 28.4 Å². The lowest BCUT2D eigenvalue weighted by atomic mass is 10.1. The number of benzene rings is 2. The van der Waals surface area contributed by atoms with Gasteiger partial charge in [-0.25, -0.2) is 0 Å². The van der Waals surface area contributed by atoms with Crippen LogP contribution in [0.25, 0.3) is 10.9 Å². The van der Waals surface area contributed by atoms with Gasteiger partial charge in [0.2, 0.25) is 0 Å². The molecule has 3 aromatic rings. The number of fused-ring (bicyclic) bond motifs is 1. The molecule has 1 amide bonds. The zero-order chi connectivity index (χ0) is 18.0. The molecular weight excluding hydrogens is 332 g/mol. The van der Waals surface area contributed by atoms with Crippen LogP contribution >= 0.6 is 11.6 Å². The van der Waals surface area contributed by atoms with E-state index in [4.69, 9.17) is 11.6 Å². The fourth-order valence-corrected chi connectivity index (χ4v) is 3.13. The van der Waals surface area contributed by atoms with Gasteiger partial charge in [0.15, 0.2) is 0 Å². The molecule has 0 bridgehead atoms. The van der Waals surface area contributed by atoms with Crippen LogP contribution in [0.3, 0.4) is 0 Å². The van der Waals surface area contributed by atoms with Crippen LogP contribution in [0.4, 0.5) is 0 Å². The van der Waals surface area contributed by atoms with Gasteiger partial charge in [-0.05, 0) is 30.7 Å². The van der Waals surface area contributed by atoms with Gasteiger partial charge in [0.1, 0.15) is 5.69 Å². The fraction of sp³-hybridized carbons (Fsp3) is 0.190. The molecule has 0 aliphatic heterocycles. The number of nitrogens with zero attached hydrogens (tertiary/aromatic N) is 2. The first-order chi connectivity index (χ1) is 12.0. The van der Waals surface area contributed by atoms with Gasteiger partial charge in [0.25, 0.3) is 5.91 Å². The predicted octanol–water partition coefficient (Wildman–Crippen LogP) is 4.97. The summed E-state index contributed by atoms with van der Waals surface area (Å²) in [6.07, 6.45) is 1.76. The Morgan fingerprint density at radius 3 is 2.60 bits per heavy atom. The van der Waals surface area contributed by atoms with Crippen LogP contribution in [-0.4, -0.2) is 21.9 Å². The lowest BCUT2D eigenvalue weighted by Crippen LogP contribution is -2.32. The third kappa shape index (κ3) is 3.62. The second-order valence-corrected chi connectivity index (χ2v) is 6.69. The zero-order valence-electron chi connectivity index (χ0n) is 14.5. The van der Waals surface area contributed by atoms with E-state index < -0.39 is 0 Å². The third-order valence-corrected chi connectivity index (χ3v) is 4.59. The van der Waals surface area contributed by atoms with Crippen molar-refractivity contribution < 1.29 is 4.79 Å². The summed E-state index contributed by atoms with van der Waals surface area (Å²) in [5.74, 6) is -0.0182. The Kier molecular flexibility index (Phi) is 4.95. The summed E-state index contributed by atoms with van der Waals surface area (Å²) in [5.41, 5.74) is 3.90. The number of rotatable bonds is 5. The van der Waals surface area contributed by atoms with Crippen LogP contribution in [0.2, 0.25) is 5.02 Å². The molecular formula is C21H21ClN2O. The predicted molar refractivity (Wildman–Crippen MR) is 104 cm³/mol. The smallest absolute Gasteiger partial charge is 0.271 e. The Bertz CT molecular complexity index is 925. The molecule has 0 saturated carbocycles. The number of carbonyl (C=O) groups excluding carboxylic acids is 1. The highest BCUT2D eigenvalue weighted by Gasteiger charge is 2.19. The Balaban J connectivity index is 1.93. The van der Waals surface area contributed by atoms with Gasteiger partial charge in [-0.1, -0.05) is 53.6 Å². The van der Waals surface area contributed by atoms with Crippen LogP contribution in [0.1, 0.15) is 21.6 Å². The zero-order valence-corrected chi connectivity index (χ0v) is 15.3. The number of halogens is 1. The molecule has 0 fully saturated rings. The minimum absolute atomic E-state index is 0.0182. The summed E-state index contributed by atoms with van der Waals surface area (Å²) in [6.45, 7) is 6.89. The summed E-state index contributed by atoms with van der Waals surface area (Å²) in [5, 5.41) is 1.67. The second kappa shape index (κ2) is 7.16. The first-order valence-corrected chi connectivity index (χ1v) is 8.58. The highest BCUT2D eigenvalue weighted by atomic mass is 35.5. The van der Waals surface area contributed by atoms with Gasteiger partial charge in [-0.15, -0.1) is 6.58 Å². The second-order valence-electron chi connectivity index (χ2n) is 6.25. The van der Waals surface area contributed by atoms with Gasteiger partial charge in [0.05, 0.1) is 0 Å². The minimum Gasteiger partial charge on any atom is -0.340 e. The van der Waals surface area contributed by atoms with Gasteiger partial charge < -0.3 is 9.47 Å². The van der Waals surface area contributed by atoms with Crippen molar-refractivity contribution in [2.45, 2.75) is 13.5 Å². The van der Waals surface area contributed by atoms with Crippen LogP contribution < -0.4 is 0 Å². The van der Waals surface area contributed by atoms with E-state index in [1.165, 1.54) is 5.56 Å². The molecule has 0 aliphatic carbocycles. The van der Waals surface area contributed by atoms with Crippen molar-refractivity contribution in [1.29, 1.82) is 0 Å². The highest BCUT2D eigenvalue weighted by molar-refractivity contribution is 6.31. The molecule has 1 heterocycles. The molecule has 2 aromatic carbocycles. The third-order valence-electron chi connectivity index (χ3n) is 4.36. The number of carbonyl (C=O) groups is 1. The average Bonchev–Trinajstić information content (AvgIpc) is 2.92. The van der Waals surface area contributed by atoms with Gasteiger partial charge in [-0.2, -0.15) is 0 Å². The lowest BCUT2D eigenvalue weighted by Gasteiger charge is -2.21. The van der Waals surface area contributed by atoms with E-state index >= 15 is 0 Å². The summed E-state index contributed by atoms with van der Waals surface area (Å²) >= 11 is 6.09. The number of hydrogen-bond acceptors (Lipinski definition) is 1. The largest absolute Gasteiger partial charge is 0.340 e. The highest BCUT2D eigenvalue weighted by Crippen LogP contribution is 2.24. The maximum absolute atomic E-state index is 13.1. The number of hydrogen-bond donors (Lipinski definition) is 0. The maximum Gasteiger partial charge on any atom is 0.271 e. The first-order valence-electron chi connectivity index (χ1n) is 8.20. The van der Waals surface area contributed by atoms with Crippen molar-refractivity contribution in [3.63, 3.8) is 0 Å². The van der Waals surface area contributed by atoms with Crippen molar-refractivity contribution in [2.24, 2.45) is 7.05 Å². The van der Waals surface area contributed by atoms with Crippen LogP contribution in [0, 0.1) is 6.92 Å². The van der Waals surface area contributed by atoms with Crippen molar-refractivity contribution in [2.75, 3.05) is 6.54 Å². The lowest BCUT2D eigenvalue weighted by molar-refractivity contribution is 0.0753. The monoisotopic (exact) mass is 352 g/mol. The van der Waals surface area contributed by atoms with E-state index in [1.54, 1.807) is 11.0 Å². The molecule has 25 heavy (non-hydrogen) atoms. The topological polar surface area (TPSA) is 25.2 Å². The molecule has 0 radical (unpaired) electrons. The van der Waals surface area contributed by atoms with E-state index in [0.29, 0.717) is 23.8 Å². The number of aromatic nitrogens is 1. The van der Waals surface area contributed by atoms with Crippen LogP contribution in [0.5, 0.6) is 0 Å². The Hall–Kier alpha value is -2.52. The van der Waals surface area contributed by atoms with E-state index in [2.05, 4.69) is 37.8 Å². The van der Waals surface area contributed by atoms with E-state index in [-0.39, 0.29) is 5.91 Å². The summed E-state index contributed by atoms with van der Waals surface area (Å²) < 4.78 is 1.90. The molecule has 0 atom stereocenters. The molecule has 128 valence electrons. The molecule has 0 aliphatic rings. The summed E-state index contributed by atoms with van der Waals surface area (Å²) in [6, 6.07) is 15.8. The van der Waals surface area contributed by atoms with E-state index in [0.717, 1.165) is 16.5 Å². The molecule has 0 spiro atoms. The summed E-state index contributed by atoms with van der Waals surface area (Å²) in [4.78, 5) is 14.9. The normalized spacial score (nSPS) is 10.8.